The zero-order chi connectivity index (χ0) is 16.1. The molecule has 112 valence electrons. The van der Waals surface area contributed by atoms with E-state index in [2.05, 4.69) is 34.2 Å². The fourth-order valence-electron chi connectivity index (χ4n) is 3.24. The summed E-state index contributed by atoms with van der Waals surface area (Å²) in [6.07, 6.45) is 0. The van der Waals surface area contributed by atoms with Crippen LogP contribution < -0.4 is 5.35 Å². The second-order valence-electron chi connectivity index (χ2n) is 5.68. The standard InChI is InChI=1S/C20H11N3S/c21-11-14(20-23-15-8-1-2-10-17(15)24-20)19-13-7-3-5-12-6-4-9-16(22-19)18(12)13/h1-10,22H/b19-14-. The Labute approximate surface area is 141 Å². The van der Waals surface area contributed by atoms with Crippen LogP contribution in [0, 0.1) is 11.3 Å². The number of nitrogens with zero attached hydrogens (tertiary/aromatic N) is 2. The molecule has 0 unspecified atom stereocenters. The first-order valence-electron chi connectivity index (χ1n) is 7.64. The number of aromatic amines is 1. The van der Waals surface area contributed by atoms with Crippen molar-refractivity contribution < 1.29 is 0 Å². The number of rotatable bonds is 1. The molecule has 0 radical (unpaired) electrons. The van der Waals surface area contributed by atoms with Gasteiger partial charge in [0, 0.05) is 16.3 Å². The lowest BCUT2D eigenvalue weighted by Gasteiger charge is -1.96. The minimum absolute atomic E-state index is 0.597. The highest BCUT2D eigenvalue weighted by Gasteiger charge is 2.13. The largest absolute Gasteiger partial charge is 0.353 e. The molecule has 0 bridgehead atoms. The van der Waals surface area contributed by atoms with Crippen LogP contribution in [0.15, 0.2) is 60.7 Å². The van der Waals surface area contributed by atoms with Crippen LogP contribution in [-0.2, 0) is 0 Å². The summed E-state index contributed by atoms with van der Waals surface area (Å²) in [5.74, 6) is 0. The zero-order valence-corrected chi connectivity index (χ0v) is 13.4. The van der Waals surface area contributed by atoms with E-state index in [9.17, 15) is 5.26 Å². The quantitative estimate of drug-likeness (QED) is 0.497. The maximum Gasteiger partial charge on any atom is 0.137 e. The van der Waals surface area contributed by atoms with Gasteiger partial charge in [-0.25, -0.2) is 4.98 Å². The lowest BCUT2D eigenvalue weighted by atomic mass is 10.1. The van der Waals surface area contributed by atoms with Gasteiger partial charge in [-0.2, -0.15) is 5.26 Å². The molecule has 0 saturated heterocycles. The van der Waals surface area contributed by atoms with Crippen LogP contribution in [0.3, 0.4) is 0 Å². The minimum Gasteiger partial charge on any atom is -0.353 e. The monoisotopic (exact) mass is 325 g/mol. The van der Waals surface area contributed by atoms with Crippen LogP contribution in [0.2, 0.25) is 0 Å². The Bertz CT molecular complexity index is 1280. The van der Waals surface area contributed by atoms with Crippen LogP contribution >= 0.6 is 11.3 Å². The summed E-state index contributed by atoms with van der Waals surface area (Å²) < 4.78 is 1.09. The fourth-order valence-corrected chi connectivity index (χ4v) is 4.21. The smallest absolute Gasteiger partial charge is 0.137 e. The van der Waals surface area contributed by atoms with Gasteiger partial charge in [-0.15, -0.1) is 11.3 Å². The lowest BCUT2D eigenvalue weighted by molar-refractivity contribution is 1.35. The molecule has 24 heavy (non-hydrogen) atoms. The molecule has 0 aliphatic heterocycles. The number of H-pyrrole nitrogens is 1. The average molecular weight is 325 g/mol. The Balaban J connectivity index is 1.94. The van der Waals surface area contributed by atoms with Crippen LogP contribution in [0.1, 0.15) is 5.01 Å². The number of aromatic nitrogens is 2. The Morgan fingerprint density at radius 3 is 2.67 bits per heavy atom. The van der Waals surface area contributed by atoms with Gasteiger partial charge in [0.05, 0.1) is 15.6 Å². The number of thiazole rings is 1. The minimum atomic E-state index is 0.597. The Kier molecular flexibility index (Phi) is 2.72. The van der Waals surface area contributed by atoms with Crippen LogP contribution in [-0.4, -0.2) is 9.97 Å². The van der Waals surface area contributed by atoms with Crippen molar-refractivity contribution >= 4 is 48.8 Å². The van der Waals surface area contributed by atoms with Crippen molar-refractivity contribution in [3.05, 3.63) is 71.0 Å². The van der Waals surface area contributed by atoms with E-state index in [0.717, 1.165) is 31.5 Å². The van der Waals surface area contributed by atoms with Crippen molar-refractivity contribution in [2.45, 2.75) is 0 Å². The highest BCUT2D eigenvalue weighted by molar-refractivity contribution is 7.19. The Hall–Kier alpha value is -3.16. The van der Waals surface area contributed by atoms with Crippen molar-refractivity contribution in [3.63, 3.8) is 0 Å². The molecule has 0 aliphatic rings. The molecule has 0 spiro atoms. The molecular weight excluding hydrogens is 314 g/mol. The number of hydrogen-bond donors (Lipinski definition) is 1. The van der Waals surface area contributed by atoms with Crippen LogP contribution in [0.5, 0.6) is 0 Å². The summed E-state index contributed by atoms with van der Waals surface area (Å²) in [5, 5.41) is 14.8. The molecule has 3 aromatic carbocycles. The normalized spacial score (nSPS) is 12.8. The predicted molar refractivity (Wildman–Crippen MR) is 98.8 cm³/mol. The van der Waals surface area contributed by atoms with Crippen LogP contribution in [0.4, 0.5) is 0 Å². The molecule has 5 rings (SSSR count). The van der Waals surface area contributed by atoms with Crippen molar-refractivity contribution in [1.29, 1.82) is 5.26 Å². The molecule has 3 nitrogen and oxygen atoms in total. The first-order chi connectivity index (χ1) is 11.8. The van der Waals surface area contributed by atoms with Gasteiger partial charge in [-0.3, -0.25) is 0 Å². The molecule has 0 amide bonds. The molecule has 5 aromatic rings. The number of benzene rings is 3. The number of nitrogens with one attached hydrogen (secondary N) is 1. The van der Waals surface area contributed by atoms with Gasteiger partial charge in [0.2, 0.25) is 0 Å². The molecule has 0 atom stereocenters. The van der Waals surface area contributed by atoms with E-state index in [-0.39, 0.29) is 0 Å². The van der Waals surface area contributed by atoms with E-state index in [4.69, 9.17) is 0 Å². The second-order valence-corrected chi connectivity index (χ2v) is 6.71. The number of hydrogen-bond acceptors (Lipinski definition) is 3. The van der Waals surface area contributed by atoms with Gasteiger partial charge in [0.25, 0.3) is 0 Å². The van der Waals surface area contributed by atoms with Crippen molar-refractivity contribution in [2.24, 2.45) is 0 Å². The molecule has 2 aromatic heterocycles. The number of fused-ring (bicyclic) bond motifs is 1. The first-order valence-corrected chi connectivity index (χ1v) is 8.46. The summed E-state index contributed by atoms with van der Waals surface area (Å²) in [5.41, 5.74) is 2.58. The summed E-state index contributed by atoms with van der Waals surface area (Å²) in [7, 11) is 0. The Morgan fingerprint density at radius 1 is 1.00 bits per heavy atom. The molecule has 4 heteroatoms. The topological polar surface area (TPSA) is 52.5 Å². The summed E-state index contributed by atoms with van der Waals surface area (Å²) >= 11 is 1.55. The van der Waals surface area contributed by atoms with E-state index < -0.39 is 0 Å². The molecule has 0 saturated carbocycles. The first kappa shape index (κ1) is 13.3. The molecule has 0 aliphatic carbocycles. The van der Waals surface area contributed by atoms with Gasteiger partial charge >= 0.3 is 0 Å². The lowest BCUT2D eigenvalue weighted by Crippen LogP contribution is -2.07. The summed E-state index contributed by atoms with van der Waals surface area (Å²) in [6, 6.07) is 22.7. The van der Waals surface area contributed by atoms with Gasteiger partial charge in [-0.05, 0) is 23.6 Å². The van der Waals surface area contributed by atoms with Crippen molar-refractivity contribution in [1.82, 2.24) is 9.97 Å². The maximum atomic E-state index is 9.82. The van der Waals surface area contributed by atoms with Gasteiger partial charge in [-0.1, -0.05) is 42.5 Å². The zero-order valence-electron chi connectivity index (χ0n) is 12.6. The molecular formula is C20H11N3S. The molecule has 0 fully saturated rings. The van der Waals surface area contributed by atoms with E-state index in [1.165, 1.54) is 10.8 Å². The van der Waals surface area contributed by atoms with E-state index in [1.807, 2.05) is 42.5 Å². The highest BCUT2D eigenvalue weighted by Crippen LogP contribution is 2.28. The third kappa shape index (κ3) is 1.79. The van der Waals surface area contributed by atoms with Crippen molar-refractivity contribution in [2.75, 3.05) is 0 Å². The SMILES string of the molecule is N#C/C(c1nc2ccccc2s1)=c1/[nH]c2cccc3cccc1c32. The third-order valence-electron chi connectivity index (χ3n) is 4.30. The van der Waals surface area contributed by atoms with Crippen LogP contribution in [0.25, 0.3) is 37.5 Å². The van der Waals surface area contributed by atoms with E-state index >= 15 is 0 Å². The third-order valence-corrected chi connectivity index (χ3v) is 5.36. The van der Waals surface area contributed by atoms with Gasteiger partial charge < -0.3 is 4.98 Å². The van der Waals surface area contributed by atoms with Gasteiger partial charge in [0.1, 0.15) is 16.6 Å². The number of para-hydroxylation sites is 1. The fraction of sp³-hybridized carbons (Fsp3) is 0. The Morgan fingerprint density at radius 2 is 1.83 bits per heavy atom. The maximum absolute atomic E-state index is 9.82. The van der Waals surface area contributed by atoms with Crippen molar-refractivity contribution in [3.8, 4) is 6.07 Å². The molecule has 1 N–H and O–H groups in total. The predicted octanol–water partition coefficient (Wildman–Crippen LogP) is 4.37. The van der Waals surface area contributed by atoms with E-state index in [0.29, 0.717) is 5.57 Å². The summed E-state index contributed by atoms with van der Waals surface area (Å²) in [4.78, 5) is 8.08. The van der Waals surface area contributed by atoms with Gasteiger partial charge in [0.15, 0.2) is 0 Å². The summed E-state index contributed by atoms with van der Waals surface area (Å²) in [6.45, 7) is 0. The van der Waals surface area contributed by atoms with E-state index in [1.54, 1.807) is 11.3 Å². The average Bonchev–Trinajstić information content (AvgIpc) is 3.20. The second kappa shape index (κ2) is 4.92. The molecule has 2 heterocycles. The number of nitriles is 1. The highest BCUT2D eigenvalue weighted by atomic mass is 32.1.